The minimum atomic E-state index is -5.09. The van der Waals surface area contributed by atoms with Gasteiger partial charge in [0.1, 0.15) is 11.9 Å². The lowest BCUT2D eigenvalue weighted by molar-refractivity contribution is -0.224. The summed E-state index contributed by atoms with van der Waals surface area (Å²) in [6.07, 6.45) is -8.18. The van der Waals surface area contributed by atoms with Crippen molar-refractivity contribution >= 4 is 5.97 Å². The summed E-state index contributed by atoms with van der Waals surface area (Å²) in [7, 11) is 0. The highest BCUT2D eigenvalue weighted by molar-refractivity contribution is 5.76. The van der Waals surface area contributed by atoms with Crippen molar-refractivity contribution < 1.29 is 40.6 Å². The van der Waals surface area contributed by atoms with E-state index in [1.165, 1.54) is 0 Å². The molecule has 0 bridgehead atoms. The third kappa shape index (κ3) is 4.92. The van der Waals surface area contributed by atoms with Gasteiger partial charge in [-0.3, -0.25) is 0 Å². The van der Waals surface area contributed by atoms with Gasteiger partial charge in [0.25, 0.3) is 0 Å². The second-order valence-electron chi connectivity index (χ2n) is 8.30. The molecule has 1 spiro atoms. The number of carbonyl (C=O) groups excluding carboxylic acids is 1. The average Bonchev–Trinajstić information content (AvgIpc) is 2.76. The van der Waals surface area contributed by atoms with Crippen molar-refractivity contribution in [3.05, 3.63) is 53.7 Å². The van der Waals surface area contributed by atoms with Crippen LogP contribution in [0.5, 0.6) is 11.6 Å². The summed E-state index contributed by atoms with van der Waals surface area (Å²) >= 11 is 0. The van der Waals surface area contributed by atoms with Gasteiger partial charge < -0.3 is 14.8 Å². The molecular formula is C22H20F6N2O3. The third-order valence-electron chi connectivity index (χ3n) is 6.23. The molecule has 2 aromatic rings. The van der Waals surface area contributed by atoms with Crippen LogP contribution in [0, 0.1) is 5.41 Å². The minimum Gasteiger partial charge on any atom is -0.454 e. The predicted molar refractivity (Wildman–Crippen MR) is 104 cm³/mol. The van der Waals surface area contributed by atoms with Crippen molar-refractivity contribution in [2.75, 3.05) is 13.1 Å². The van der Waals surface area contributed by atoms with Gasteiger partial charge in [-0.1, -0.05) is 12.1 Å². The molecule has 0 radical (unpaired) electrons. The number of halogens is 6. The number of nitrogens with one attached hydrogen (secondary N) is 1. The van der Waals surface area contributed by atoms with Gasteiger partial charge in [-0.05, 0) is 56.1 Å². The molecular weight excluding hydrogens is 454 g/mol. The lowest BCUT2D eigenvalue weighted by Gasteiger charge is -2.56. The first-order chi connectivity index (χ1) is 15.5. The highest BCUT2D eigenvalue weighted by Crippen LogP contribution is 2.58. The Bertz CT molecular complexity index is 1000. The van der Waals surface area contributed by atoms with Crippen LogP contribution in [0.15, 0.2) is 42.6 Å². The zero-order chi connectivity index (χ0) is 23.9. The zero-order valence-electron chi connectivity index (χ0n) is 17.2. The molecule has 2 aliphatic rings. The Labute approximate surface area is 185 Å². The number of carbonyl (C=O) groups is 1. The summed E-state index contributed by atoms with van der Waals surface area (Å²) in [6.45, 7) is 1.24. The highest BCUT2D eigenvalue weighted by atomic mass is 19.4. The summed E-state index contributed by atoms with van der Waals surface area (Å²) in [4.78, 5) is 15.3. The van der Waals surface area contributed by atoms with E-state index in [0.29, 0.717) is 44.1 Å². The molecule has 1 aliphatic heterocycles. The van der Waals surface area contributed by atoms with E-state index in [0.717, 1.165) is 12.1 Å². The summed E-state index contributed by atoms with van der Waals surface area (Å²) in [5.41, 5.74) is -0.828. The number of aromatic nitrogens is 1. The standard InChI is InChI=1S/C22H20F6N2O3/c23-21(24,25)14-4-5-17(30-12-14)32-15-3-1-2-13(10-15)16-11-20(6-8-29-9-7-20)18(16)33-19(31)22(26,27)28/h1-5,10,12,16,18,29H,6-9,11H2. The Hall–Kier alpha value is -2.82. The van der Waals surface area contributed by atoms with Crippen LogP contribution in [0.4, 0.5) is 26.3 Å². The van der Waals surface area contributed by atoms with E-state index < -0.39 is 41.3 Å². The van der Waals surface area contributed by atoms with Crippen LogP contribution in [0.3, 0.4) is 0 Å². The summed E-state index contributed by atoms with van der Waals surface area (Å²) < 4.78 is 87.2. The van der Waals surface area contributed by atoms with E-state index in [1.807, 2.05) is 0 Å². The van der Waals surface area contributed by atoms with Gasteiger partial charge in [0, 0.05) is 23.6 Å². The van der Waals surface area contributed by atoms with Gasteiger partial charge >= 0.3 is 18.3 Å². The SMILES string of the molecule is O=C(OC1C(c2cccc(Oc3ccc(C(F)(F)F)cn3)c2)CC12CCNCC2)C(F)(F)F. The highest BCUT2D eigenvalue weighted by Gasteiger charge is 2.58. The fraction of sp³-hybridized carbons (Fsp3) is 0.455. The lowest BCUT2D eigenvalue weighted by Crippen LogP contribution is -2.58. The molecule has 1 aliphatic carbocycles. The van der Waals surface area contributed by atoms with E-state index in [4.69, 9.17) is 9.47 Å². The van der Waals surface area contributed by atoms with E-state index in [9.17, 15) is 31.1 Å². The number of benzene rings is 1. The van der Waals surface area contributed by atoms with Crippen molar-refractivity contribution in [1.29, 1.82) is 0 Å². The Balaban J connectivity index is 1.53. The molecule has 0 amide bonds. The van der Waals surface area contributed by atoms with Crippen LogP contribution in [-0.4, -0.2) is 36.3 Å². The van der Waals surface area contributed by atoms with Gasteiger partial charge in [-0.15, -0.1) is 0 Å². The van der Waals surface area contributed by atoms with Crippen LogP contribution >= 0.6 is 0 Å². The van der Waals surface area contributed by atoms with Gasteiger partial charge in [-0.25, -0.2) is 9.78 Å². The van der Waals surface area contributed by atoms with Crippen molar-refractivity contribution in [2.24, 2.45) is 5.41 Å². The van der Waals surface area contributed by atoms with Crippen molar-refractivity contribution in [3.8, 4) is 11.6 Å². The first-order valence-corrected chi connectivity index (χ1v) is 10.3. The molecule has 2 heterocycles. The molecule has 4 rings (SSSR count). The molecule has 1 aromatic carbocycles. The largest absolute Gasteiger partial charge is 0.490 e. The second kappa shape index (κ2) is 8.51. The van der Waals surface area contributed by atoms with Crippen LogP contribution in [0.1, 0.15) is 36.3 Å². The number of ether oxygens (including phenoxy) is 2. The van der Waals surface area contributed by atoms with Crippen LogP contribution in [0.25, 0.3) is 0 Å². The number of piperidine rings is 1. The summed E-state index contributed by atoms with van der Waals surface area (Å²) in [5.74, 6) is -2.48. The maximum Gasteiger partial charge on any atom is 0.490 e. The molecule has 1 saturated heterocycles. The Kier molecular flexibility index (Phi) is 6.02. The maximum absolute atomic E-state index is 12.9. The van der Waals surface area contributed by atoms with Gasteiger partial charge in [0.05, 0.1) is 5.56 Å². The molecule has 2 atom stereocenters. The summed E-state index contributed by atoms with van der Waals surface area (Å²) in [6, 6.07) is 8.36. The normalized spacial score (nSPS) is 22.5. The molecule has 1 aromatic heterocycles. The van der Waals surface area contributed by atoms with E-state index >= 15 is 0 Å². The monoisotopic (exact) mass is 474 g/mol. The molecule has 11 heteroatoms. The van der Waals surface area contributed by atoms with Crippen LogP contribution < -0.4 is 10.1 Å². The first-order valence-electron chi connectivity index (χ1n) is 10.3. The number of esters is 1. The van der Waals surface area contributed by atoms with E-state index in [2.05, 4.69) is 10.3 Å². The quantitative estimate of drug-likeness (QED) is 0.486. The van der Waals surface area contributed by atoms with E-state index in [1.54, 1.807) is 24.3 Å². The number of rotatable bonds is 4. The first kappa shape index (κ1) is 23.3. The molecule has 33 heavy (non-hydrogen) atoms. The number of pyridine rings is 1. The number of alkyl halides is 6. The van der Waals surface area contributed by atoms with Gasteiger partial charge in [0.15, 0.2) is 0 Å². The van der Waals surface area contributed by atoms with Gasteiger partial charge in [-0.2, -0.15) is 26.3 Å². The molecule has 5 nitrogen and oxygen atoms in total. The molecule has 2 fully saturated rings. The van der Waals surface area contributed by atoms with E-state index in [-0.39, 0.29) is 11.6 Å². The Morgan fingerprint density at radius 2 is 1.79 bits per heavy atom. The molecule has 1 N–H and O–H groups in total. The smallest absolute Gasteiger partial charge is 0.454 e. The number of nitrogens with zero attached hydrogens (tertiary/aromatic N) is 1. The number of hydrogen-bond acceptors (Lipinski definition) is 5. The predicted octanol–water partition coefficient (Wildman–Crippen LogP) is 5.22. The average molecular weight is 474 g/mol. The Morgan fingerprint density at radius 1 is 1.06 bits per heavy atom. The van der Waals surface area contributed by atoms with Crippen molar-refractivity contribution in [3.63, 3.8) is 0 Å². The number of hydrogen-bond donors (Lipinski definition) is 1. The van der Waals surface area contributed by atoms with Crippen molar-refractivity contribution in [2.45, 2.75) is 43.6 Å². The zero-order valence-corrected chi connectivity index (χ0v) is 17.2. The molecule has 2 unspecified atom stereocenters. The summed E-state index contributed by atoms with van der Waals surface area (Å²) in [5, 5.41) is 3.16. The minimum absolute atomic E-state index is 0.0661. The van der Waals surface area contributed by atoms with Crippen LogP contribution in [0.2, 0.25) is 0 Å². The topological polar surface area (TPSA) is 60.5 Å². The molecule has 178 valence electrons. The molecule has 1 saturated carbocycles. The lowest BCUT2D eigenvalue weighted by atomic mass is 9.53. The fourth-order valence-electron chi connectivity index (χ4n) is 4.56. The second-order valence-corrected chi connectivity index (χ2v) is 8.30. The van der Waals surface area contributed by atoms with Crippen molar-refractivity contribution in [1.82, 2.24) is 10.3 Å². The Morgan fingerprint density at radius 3 is 2.39 bits per heavy atom. The fourth-order valence-corrected chi connectivity index (χ4v) is 4.56. The van der Waals surface area contributed by atoms with Gasteiger partial charge in [0.2, 0.25) is 5.88 Å². The third-order valence-corrected chi connectivity index (χ3v) is 6.23. The maximum atomic E-state index is 12.9. The van der Waals surface area contributed by atoms with Crippen LogP contribution in [-0.2, 0) is 15.7 Å².